The van der Waals surface area contributed by atoms with Crippen LogP contribution in [0.5, 0.6) is 0 Å². The van der Waals surface area contributed by atoms with Crippen LogP contribution in [0.25, 0.3) is 0 Å². The number of methoxy groups -OCH3 is 1. The van der Waals surface area contributed by atoms with Crippen LogP contribution in [0.2, 0.25) is 0 Å². The summed E-state index contributed by atoms with van der Waals surface area (Å²) in [7, 11) is 4.77. The molecule has 0 unspecified atom stereocenters. The number of thiazole rings is 1. The summed E-state index contributed by atoms with van der Waals surface area (Å²) in [5.74, 6) is -0.467. The van der Waals surface area contributed by atoms with E-state index >= 15 is 0 Å². The van der Waals surface area contributed by atoms with Crippen LogP contribution in [-0.4, -0.2) is 31.9 Å². The molecule has 1 aromatic rings. The zero-order valence-electron chi connectivity index (χ0n) is 8.53. The molecule has 0 fully saturated rings. The predicted molar refractivity (Wildman–Crippen MR) is 54.7 cm³/mol. The predicted octanol–water partition coefficient (Wildman–Crippen LogP) is 0.202. The molecule has 1 heterocycles. The van der Waals surface area contributed by atoms with Crippen molar-refractivity contribution in [3.63, 3.8) is 0 Å². The zero-order valence-corrected chi connectivity index (χ0v) is 9.34. The third-order valence-electron chi connectivity index (χ3n) is 1.78. The highest BCUT2D eigenvalue weighted by Gasteiger charge is 2.18. The monoisotopic (exact) mass is 216 g/mol. The van der Waals surface area contributed by atoms with Gasteiger partial charge >= 0.3 is 10.8 Å². The number of hydrogen-bond donors (Lipinski definition) is 0. The van der Waals surface area contributed by atoms with Crippen molar-refractivity contribution in [1.29, 1.82) is 0 Å². The van der Waals surface area contributed by atoms with Crippen molar-refractivity contribution in [3.8, 4) is 0 Å². The molecule has 0 saturated carbocycles. The summed E-state index contributed by atoms with van der Waals surface area (Å²) < 4.78 is 5.99. The minimum atomic E-state index is -0.467. The SMILES string of the molecule is COC(=O)c1sc(=O)n(N(C)C)c1C. The fraction of sp³-hybridized carbons (Fsp3) is 0.500. The minimum absolute atomic E-state index is 0.187. The molecule has 0 aliphatic rings. The van der Waals surface area contributed by atoms with Gasteiger partial charge in [-0.3, -0.25) is 4.79 Å². The van der Waals surface area contributed by atoms with E-state index in [4.69, 9.17) is 0 Å². The summed E-state index contributed by atoms with van der Waals surface area (Å²) in [6.45, 7) is 1.71. The molecule has 5 nitrogen and oxygen atoms in total. The van der Waals surface area contributed by atoms with Crippen molar-refractivity contribution in [1.82, 2.24) is 4.68 Å². The standard InChI is InChI=1S/C8H12N2O3S/c1-5-6(7(11)13-4)14-8(12)10(5)9(2)3/h1-4H3. The third kappa shape index (κ3) is 1.65. The van der Waals surface area contributed by atoms with Crippen LogP contribution in [0.15, 0.2) is 4.79 Å². The summed E-state index contributed by atoms with van der Waals surface area (Å²) in [6, 6.07) is 0. The second kappa shape index (κ2) is 3.83. The maximum absolute atomic E-state index is 11.5. The summed E-state index contributed by atoms with van der Waals surface area (Å²) in [6.07, 6.45) is 0. The van der Waals surface area contributed by atoms with Crippen molar-refractivity contribution < 1.29 is 9.53 Å². The molecule has 1 aromatic heterocycles. The van der Waals surface area contributed by atoms with Crippen LogP contribution in [-0.2, 0) is 4.74 Å². The molecule has 0 aromatic carbocycles. The smallest absolute Gasteiger partial charge is 0.350 e. The first-order chi connectivity index (χ1) is 6.49. The van der Waals surface area contributed by atoms with Crippen molar-refractivity contribution in [2.45, 2.75) is 6.92 Å². The van der Waals surface area contributed by atoms with E-state index < -0.39 is 5.97 Å². The van der Waals surface area contributed by atoms with Gasteiger partial charge in [0, 0.05) is 14.1 Å². The first kappa shape index (κ1) is 10.8. The van der Waals surface area contributed by atoms with Gasteiger partial charge in [-0.25, -0.2) is 9.47 Å². The van der Waals surface area contributed by atoms with Crippen molar-refractivity contribution in [2.24, 2.45) is 0 Å². The third-order valence-corrected chi connectivity index (χ3v) is 2.79. The van der Waals surface area contributed by atoms with Crippen LogP contribution in [0, 0.1) is 6.92 Å². The van der Waals surface area contributed by atoms with Gasteiger partial charge in [-0.2, -0.15) is 0 Å². The second-order valence-electron chi connectivity index (χ2n) is 2.93. The van der Waals surface area contributed by atoms with Gasteiger partial charge in [0.15, 0.2) is 0 Å². The quantitative estimate of drug-likeness (QED) is 0.663. The van der Waals surface area contributed by atoms with E-state index in [0.717, 1.165) is 11.3 Å². The first-order valence-corrected chi connectivity index (χ1v) is 4.79. The largest absolute Gasteiger partial charge is 0.465 e. The Bertz CT molecular complexity index is 405. The number of hydrogen-bond acceptors (Lipinski definition) is 5. The highest BCUT2D eigenvalue weighted by Crippen LogP contribution is 2.12. The van der Waals surface area contributed by atoms with Gasteiger partial charge in [-0.05, 0) is 6.92 Å². The lowest BCUT2D eigenvalue weighted by Gasteiger charge is -2.14. The first-order valence-electron chi connectivity index (χ1n) is 3.97. The molecular weight excluding hydrogens is 204 g/mol. The fourth-order valence-corrected chi connectivity index (χ4v) is 2.15. The van der Waals surface area contributed by atoms with Gasteiger partial charge < -0.3 is 9.75 Å². The molecule has 14 heavy (non-hydrogen) atoms. The number of nitrogens with zero attached hydrogens (tertiary/aromatic N) is 2. The molecule has 78 valence electrons. The molecule has 0 bridgehead atoms. The Morgan fingerprint density at radius 1 is 1.50 bits per heavy atom. The maximum atomic E-state index is 11.5. The molecule has 0 amide bonds. The van der Waals surface area contributed by atoms with E-state index in [1.165, 1.54) is 11.8 Å². The zero-order chi connectivity index (χ0) is 10.9. The molecule has 0 aliphatic carbocycles. The lowest BCUT2D eigenvalue weighted by molar-refractivity contribution is 0.0605. The van der Waals surface area contributed by atoms with Crippen LogP contribution >= 0.6 is 11.3 Å². The number of rotatable bonds is 2. The number of carbonyl (C=O) groups excluding carboxylic acids is 1. The van der Waals surface area contributed by atoms with Crippen molar-refractivity contribution in [3.05, 3.63) is 20.2 Å². The minimum Gasteiger partial charge on any atom is -0.465 e. The number of aromatic nitrogens is 1. The summed E-state index contributed by atoms with van der Waals surface area (Å²) in [4.78, 5) is 22.9. The topological polar surface area (TPSA) is 51.5 Å². The van der Waals surface area contributed by atoms with Crippen LogP contribution in [0.1, 0.15) is 15.4 Å². The van der Waals surface area contributed by atoms with E-state index in [1.807, 2.05) is 0 Å². The van der Waals surface area contributed by atoms with Crippen LogP contribution < -0.4 is 9.88 Å². The van der Waals surface area contributed by atoms with Gasteiger partial charge in [-0.15, -0.1) is 0 Å². The molecule has 1 rings (SSSR count). The molecule has 0 spiro atoms. The Morgan fingerprint density at radius 2 is 2.07 bits per heavy atom. The van der Waals surface area contributed by atoms with Gasteiger partial charge in [0.1, 0.15) is 4.88 Å². The van der Waals surface area contributed by atoms with Gasteiger partial charge in [0.05, 0.1) is 12.8 Å². The highest BCUT2D eigenvalue weighted by molar-refractivity contribution is 7.11. The Morgan fingerprint density at radius 3 is 2.43 bits per heavy atom. The van der Waals surface area contributed by atoms with E-state index in [-0.39, 0.29) is 4.87 Å². The highest BCUT2D eigenvalue weighted by atomic mass is 32.1. The molecule has 0 atom stereocenters. The lowest BCUT2D eigenvalue weighted by atomic mass is 10.4. The molecule has 0 N–H and O–H groups in total. The Balaban J connectivity index is 3.31. The summed E-state index contributed by atoms with van der Waals surface area (Å²) in [5.41, 5.74) is 0.608. The second-order valence-corrected chi connectivity index (χ2v) is 3.89. The van der Waals surface area contributed by atoms with E-state index in [9.17, 15) is 9.59 Å². The molecule has 6 heteroatoms. The number of esters is 1. The normalized spacial score (nSPS) is 10.0. The van der Waals surface area contributed by atoms with Crippen LogP contribution in [0.4, 0.5) is 0 Å². The van der Waals surface area contributed by atoms with Crippen molar-refractivity contribution in [2.75, 3.05) is 26.2 Å². The molecule has 0 radical (unpaired) electrons. The molecule has 0 saturated heterocycles. The van der Waals surface area contributed by atoms with Crippen LogP contribution in [0.3, 0.4) is 0 Å². The average molecular weight is 216 g/mol. The van der Waals surface area contributed by atoms with Crippen molar-refractivity contribution >= 4 is 17.3 Å². The molecule has 0 aliphatic heterocycles. The van der Waals surface area contributed by atoms with E-state index in [2.05, 4.69) is 4.74 Å². The Labute approximate surface area is 85.5 Å². The summed E-state index contributed by atoms with van der Waals surface area (Å²) >= 11 is 0.893. The average Bonchev–Trinajstić information content (AvgIpc) is 2.40. The van der Waals surface area contributed by atoms with Gasteiger partial charge in [0.2, 0.25) is 0 Å². The fourth-order valence-electron chi connectivity index (χ4n) is 1.18. The lowest BCUT2D eigenvalue weighted by Crippen LogP contribution is -2.33. The van der Waals surface area contributed by atoms with Gasteiger partial charge in [0.25, 0.3) is 0 Å². The van der Waals surface area contributed by atoms with Gasteiger partial charge in [-0.1, -0.05) is 11.3 Å². The Hall–Kier alpha value is -1.30. The molecular formula is C8H12N2O3S. The summed E-state index contributed by atoms with van der Waals surface area (Å²) in [5, 5.41) is 1.63. The van der Waals surface area contributed by atoms with E-state index in [0.29, 0.717) is 10.6 Å². The number of ether oxygens (including phenoxy) is 1. The van der Waals surface area contributed by atoms with E-state index in [1.54, 1.807) is 26.0 Å². The number of carbonyl (C=O) groups is 1. The maximum Gasteiger partial charge on any atom is 0.350 e. The Kier molecular flexibility index (Phi) is 2.95.